The van der Waals surface area contributed by atoms with E-state index in [0.29, 0.717) is 16.8 Å². The van der Waals surface area contributed by atoms with E-state index in [4.69, 9.17) is 4.74 Å². The molecule has 0 amide bonds. The molecule has 0 unspecified atom stereocenters. The molecule has 7 nitrogen and oxygen atoms in total. The van der Waals surface area contributed by atoms with Crippen molar-refractivity contribution in [2.75, 3.05) is 20.3 Å². The smallest absolute Gasteiger partial charge is 0.252 e. The number of rotatable bonds is 8. The quantitative estimate of drug-likeness (QED) is 0.587. The number of aliphatic hydroxyl groups is 1. The van der Waals surface area contributed by atoms with Crippen LogP contribution in [0.5, 0.6) is 5.75 Å². The number of pyridine rings is 1. The molecule has 0 aliphatic heterocycles. The zero-order valence-electron chi connectivity index (χ0n) is 16.4. The first-order chi connectivity index (χ1) is 13.8. The van der Waals surface area contributed by atoms with Gasteiger partial charge in [-0.1, -0.05) is 17.7 Å². The van der Waals surface area contributed by atoms with Gasteiger partial charge in [0.05, 0.1) is 17.5 Å². The number of aliphatic hydroxyl groups excluding tert-OH is 1. The fourth-order valence-electron chi connectivity index (χ4n) is 3.05. The van der Waals surface area contributed by atoms with Crippen LogP contribution in [0.3, 0.4) is 0 Å². The molecule has 8 heteroatoms. The summed E-state index contributed by atoms with van der Waals surface area (Å²) in [6.07, 6.45) is 0.272. The number of aromatic nitrogens is 1. The molecule has 0 saturated heterocycles. The van der Waals surface area contributed by atoms with E-state index in [1.807, 2.05) is 6.92 Å². The Kier molecular flexibility index (Phi) is 6.36. The predicted octanol–water partition coefficient (Wildman–Crippen LogP) is 2.42. The number of methoxy groups -OCH3 is 1. The summed E-state index contributed by atoms with van der Waals surface area (Å²) in [6.45, 7) is 1.75. The minimum Gasteiger partial charge on any atom is -0.497 e. The lowest BCUT2D eigenvalue weighted by Gasteiger charge is -2.22. The summed E-state index contributed by atoms with van der Waals surface area (Å²) in [5.41, 5.74) is 1.53. The lowest BCUT2D eigenvalue weighted by molar-refractivity contribution is 0.267. The van der Waals surface area contributed by atoms with Gasteiger partial charge in [0.25, 0.3) is 5.56 Å². The average molecular weight is 416 g/mol. The number of nitrogens with zero attached hydrogens (tertiary/aromatic N) is 1. The van der Waals surface area contributed by atoms with Gasteiger partial charge in [-0.05, 0) is 49.1 Å². The molecule has 1 heterocycles. The topological polar surface area (TPSA) is 99.7 Å². The second-order valence-corrected chi connectivity index (χ2v) is 8.74. The number of nitrogens with one attached hydrogen (secondary N) is 1. The first kappa shape index (κ1) is 21.0. The number of sulfonamides is 1. The molecule has 0 aliphatic carbocycles. The Labute approximate surface area is 169 Å². The SMILES string of the molecule is COc1ccc2cc(CN(CCCO)S(=O)(=O)c3ccc(C)cc3)c(=O)[nH]c2c1. The van der Waals surface area contributed by atoms with Crippen LogP contribution in [-0.4, -0.2) is 43.1 Å². The summed E-state index contributed by atoms with van der Waals surface area (Å²) in [6, 6.07) is 13.5. The van der Waals surface area contributed by atoms with Crippen LogP contribution in [0.15, 0.2) is 58.2 Å². The van der Waals surface area contributed by atoms with E-state index >= 15 is 0 Å². The second-order valence-electron chi connectivity index (χ2n) is 6.81. The van der Waals surface area contributed by atoms with Crippen LogP contribution >= 0.6 is 0 Å². The van der Waals surface area contributed by atoms with Crippen molar-refractivity contribution >= 4 is 20.9 Å². The van der Waals surface area contributed by atoms with E-state index in [9.17, 15) is 18.3 Å². The van der Waals surface area contributed by atoms with Gasteiger partial charge in [0, 0.05) is 31.3 Å². The first-order valence-corrected chi connectivity index (χ1v) is 10.7. The lowest BCUT2D eigenvalue weighted by atomic mass is 10.1. The van der Waals surface area contributed by atoms with Gasteiger partial charge in [0.1, 0.15) is 5.75 Å². The van der Waals surface area contributed by atoms with E-state index in [0.717, 1.165) is 10.9 Å². The summed E-state index contributed by atoms with van der Waals surface area (Å²) < 4.78 is 32.7. The van der Waals surface area contributed by atoms with Gasteiger partial charge < -0.3 is 14.8 Å². The molecular weight excluding hydrogens is 392 g/mol. The molecular formula is C21H24N2O5S. The number of benzene rings is 2. The molecule has 0 aliphatic rings. The van der Waals surface area contributed by atoms with Crippen molar-refractivity contribution in [1.82, 2.24) is 9.29 Å². The van der Waals surface area contributed by atoms with Crippen LogP contribution < -0.4 is 10.3 Å². The normalized spacial score (nSPS) is 11.9. The van der Waals surface area contributed by atoms with E-state index < -0.39 is 10.0 Å². The van der Waals surface area contributed by atoms with Gasteiger partial charge >= 0.3 is 0 Å². The minimum atomic E-state index is -3.82. The number of aryl methyl sites for hydroxylation is 1. The highest BCUT2D eigenvalue weighted by Crippen LogP contribution is 2.21. The van der Waals surface area contributed by atoms with Crippen molar-refractivity contribution in [2.24, 2.45) is 0 Å². The highest BCUT2D eigenvalue weighted by Gasteiger charge is 2.25. The fraction of sp³-hybridized carbons (Fsp3) is 0.286. The molecule has 0 radical (unpaired) electrons. The highest BCUT2D eigenvalue weighted by atomic mass is 32.2. The maximum atomic E-state index is 13.1. The van der Waals surface area contributed by atoms with Gasteiger partial charge in [-0.25, -0.2) is 8.42 Å². The maximum absolute atomic E-state index is 13.1. The van der Waals surface area contributed by atoms with E-state index in [1.165, 1.54) is 4.31 Å². The Morgan fingerprint density at radius 2 is 1.83 bits per heavy atom. The van der Waals surface area contributed by atoms with E-state index in [2.05, 4.69) is 4.98 Å². The van der Waals surface area contributed by atoms with Gasteiger partial charge in [-0.3, -0.25) is 4.79 Å². The third-order valence-corrected chi connectivity index (χ3v) is 6.56. The summed E-state index contributed by atoms with van der Waals surface area (Å²) in [5.74, 6) is 0.618. The minimum absolute atomic E-state index is 0.0898. The van der Waals surface area contributed by atoms with Gasteiger partial charge in [0.2, 0.25) is 10.0 Å². The molecule has 0 fully saturated rings. The molecule has 3 rings (SSSR count). The van der Waals surface area contributed by atoms with Crippen molar-refractivity contribution in [3.8, 4) is 5.75 Å². The van der Waals surface area contributed by atoms with Crippen molar-refractivity contribution in [3.05, 3.63) is 70.0 Å². The number of hydrogen-bond acceptors (Lipinski definition) is 5. The summed E-state index contributed by atoms with van der Waals surface area (Å²) >= 11 is 0. The van der Waals surface area contributed by atoms with Gasteiger partial charge in [0.15, 0.2) is 0 Å². The monoisotopic (exact) mass is 416 g/mol. The number of hydrogen-bond donors (Lipinski definition) is 2. The zero-order valence-corrected chi connectivity index (χ0v) is 17.2. The van der Waals surface area contributed by atoms with Crippen molar-refractivity contribution < 1.29 is 18.3 Å². The zero-order chi connectivity index (χ0) is 21.0. The van der Waals surface area contributed by atoms with Gasteiger partial charge in [-0.15, -0.1) is 0 Å². The number of ether oxygens (including phenoxy) is 1. The largest absolute Gasteiger partial charge is 0.497 e. The van der Waals surface area contributed by atoms with Crippen molar-refractivity contribution in [2.45, 2.75) is 24.8 Å². The third-order valence-electron chi connectivity index (χ3n) is 4.70. The number of H-pyrrole nitrogens is 1. The molecule has 2 N–H and O–H groups in total. The maximum Gasteiger partial charge on any atom is 0.252 e. The molecule has 29 heavy (non-hydrogen) atoms. The van der Waals surface area contributed by atoms with E-state index in [1.54, 1.807) is 55.6 Å². The van der Waals surface area contributed by atoms with Crippen LogP contribution in [0.25, 0.3) is 10.9 Å². The second kappa shape index (κ2) is 8.77. The Hall–Kier alpha value is -2.68. The molecule has 0 spiro atoms. The highest BCUT2D eigenvalue weighted by molar-refractivity contribution is 7.89. The number of fused-ring (bicyclic) bond motifs is 1. The van der Waals surface area contributed by atoms with Crippen LogP contribution in [-0.2, 0) is 16.6 Å². The molecule has 0 atom stereocenters. The van der Waals surface area contributed by atoms with Crippen LogP contribution in [0, 0.1) is 6.92 Å². The molecule has 3 aromatic rings. The summed E-state index contributed by atoms with van der Waals surface area (Å²) in [4.78, 5) is 15.5. The first-order valence-electron chi connectivity index (χ1n) is 9.23. The molecule has 1 aromatic heterocycles. The predicted molar refractivity (Wildman–Crippen MR) is 112 cm³/mol. The van der Waals surface area contributed by atoms with Crippen LogP contribution in [0.2, 0.25) is 0 Å². The summed E-state index contributed by atoms with van der Waals surface area (Å²) in [5, 5.41) is 9.97. The van der Waals surface area contributed by atoms with Crippen LogP contribution in [0.4, 0.5) is 0 Å². The Bertz CT molecular complexity index is 1150. The van der Waals surface area contributed by atoms with Gasteiger partial charge in [-0.2, -0.15) is 4.31 Å². The molecule has 2 aromatic carbocycles. The fourth-order valence-corrected chi connectivity index (χ4v) is 4.51. The summed E-state index contributed by atoms with van der Waals surface area (Å²) in [7, 11) is -2.28. The molecule has 154 valence electrons. The van der Waals surface area contributed by atoms with Crippen molar-refractivity contribution in [1.29, 1.82) is 0 Å². The van der Waals surface area contributed by atoms with Crippen LogP contribution in [0.1, 0.15) is 17.5 Å². The average Bonchev–Trinajstić information content (AvgIpc) is 2.71. The lowest BCUT2D eigenvalue weighted by Crippen LogP contribution is -2.34. The Morgan fingerprint density at radius 1 is 1.10 bits per heavy atom. The van der Waals surface area contributed by atoms with E-state index in [-0.39, 0.29) is 36.6 Å². The third kappa shape index (κ3) is 4.67. The molecule has 0 bridgehead atoms. The standard InChI is InChI=1S/C21H24N2O5S/c1-15-4-8-19(9-5-15)29(26,27)23(10-3-11-24)14-17-12-16-6-7-18(28-2)13-20(16)22-21(17)25/h4-9,12-13,24H,3,10-11,14H2,1-2H3,(H,22,25). The number of aromatic amines is 1. The molecule has 0 saturated carbocycles. The Balaban J connectivity index is 1.99. The van der Waals surface area contributed by atoms with Crippen molar-refractivity contribution in [3.63, 3.8) is 0 Å². The Morgan fingerprint density at radius 3 is 2.48 bits per heavy atom.